The number of ketones is 1. The zero-order valence-corrected chi connectivity index (χ0v) is 18.4. The number of nitrogens with one attached hydrogen (secondary N) is 1. The maximum Gasteiger partial charge on any atom is 0.256 e. The second kappa shape index (κ2) is 7.20. The van der Waals surface area contributed by atoms with Gasteiger partial charge in [-0.2, -0.15) is 0 Å². The Balaban J connectivity index is 1.71. The molecule has 0 fully saturated rings. The van der Waals surface area contributed by atoms with Gasteiger partial charge in [0, 0.05) is 46.5 Å². The molecule has 0 saturated carbocycles. The van der Waals surface area contributed by atoms with E-state index in [1.165, 1.54) is 18.1 Å². The van der Waals surface area contributed by atoms with E-state index in [1.807, 2.05) is 12.1 Å². The van der Waals surface area contributed by atoms with E-state index in [4.69, 9.17) is 4.74 Å². The van der Waals surface area contributed by atoms with Crippen molar-refractivity contribution in [3.63, 3.8) is 0 Å². The number of methoxy groups -OCH3 is 1. The van der Waals surface area contributed by atoms with Crippen LogP contribution in [-0.2, 0) is 5.72 Å². The van der Waals surface area contributed by atoms with Crippen LogP contribution < -0.4 is 10.1 Å². The minimum atomic E-state index is -1.89. The number of carbonyl (C=O) groups is 2. The summed E-state index contributed by atoms with van der Waals surface area (Å²) in [5.74, 6) is -1.29. The average Bonchev–Trinajstić information content (AvgIpc) is 3.24. The van der Waals surface area contributed by atoms with Crippen LogP contribution in [0.25, 0.3) is 5.70 Å². The van der Waals surface area contributed by atoms with Gasteiger partial charge in [0.25, 0.3) is 5.91 Å². The van der Waals surface area contributed by atoms with Gasteiger partial charge in [-0.15, -0.1) is 0 Å². The highest BCUT2D eigenvalue weighted by Crippen LogP contribution is 2.55. The Hall–Kier alpha value is -4.10. The van der Waals surface area contributed by atoms with Crippen LogP contribution in [0.3, 0.4) is 0 Å². The van der Waals surface area contributed by atoms with Gasteiger partial charge in [0.2, 0.25) is 0 Å². The molecule has 170 valence electrons. The highest BCUT2D eigenvalue weighted by atomic mass is 16.5. The molecule has 0 saturated heterocycles. The predicted octanol–water partition coefficient (Wildman–Crippen LogP) is 3.00. The Bertz CT molecular complexity index is 1410. The number of carbonyl (C=O) groups excluding carboxylic acids is 2. The van der Waals surface area contributed by atoms with Crippen LogP contribution in [0.1, 0.15) is 43.3 Å². The van der Waals surface area contributed by atoms with Gasteiger partial charge >= 0.3 is 0 Å². The molecule has 1 amide bonds. The van der Waals surface area contributed by atoms with Crippen LogP contribution in [0.2, 0.25) is 0 Å². The Morgan fingerprint density at radius 1 is 1.00 bits per heavy atom. The number of hydrogen-bond acceptors (Lipinski definition) is 6. The van der Waals surface area contributed by atoms with Gasteiger partial charge in [0.1, 0.15) is 11.5 Å². The Morgan fingerprint density at radius 2 is 1.71 bits per heavy atom. The molecule has 0 aromatic heterocycles. The first-order valence-corrected chi connectivity index (χ1v) is 11.1. The van der Waals surface area contributed by atoms with E-state index in [1.54, 1.807) is 48.5 Å². The van der Waals surface area contributed by atoms with Crippen molar-refractivity contribution in [3.05, 3.63) is 100 Å². The second-order valence-electron chi connectivity index (χ2n) is 8.68. The lowest BCUT2D eigenvalue weighted by atomic mass is 9.76. The molecule has 0 spiro atoms. The number of ether oxygens (including phenoxy) is 1. The fraction of sp³-hybridized carbons (Fsp3) is 0.185. The van der Waals surface area contributed by atoms with Crippen LogP contribution in [0.15, 0.2) is 72.3 Å². The van der Waals surface area contributed by atoms with E-state index in [9.17, 15) is 19.8 Å². The maximum absolute atomic E-state index is 13.8. The van der Waals surface area contributed by atoms with E-state index in [-0.39, 0.29) is 24.0 Å². The summed E-state index contributed by atoms with van der Waals surface area (Å²) in [4.78, 5) is 28.7. The van der Waals surface area contributed by atoms with E-state index < -0.39 is 11.6 Å². The molecule has 7 heteroatoms. The summed E-state index contributed by atoms with van der Waals surface area (Å²) in [7, 11) is 1.51. The molecule has 0 unspecified atom stereocenters. The molecule has 2 heterocycles. The Kier molecular flexibility index (Phi) is 4.34. The van der Waals surface area contributed by atoms with Crippen LogP contribution in [0.4, 0.5) is 0 Å². The summed E-state index contributed by atoms with van der Waals surface area (Å²) in [6.07, 6.45) is 0. The summed E-state index contributed by atoms with van der Waals surface area (Å²) in [6.45, 7) is 0.553. The van der Waals surface area contributed by atoms with Gasteiger partial charge in [0.05, 0.1) is 18.7 Å². The number of hydrogen-bond donors (Lipinski definition) is 3. The zero-order valence-electron chi connectivity index (χ0n) is 18.4. The SMILES string of the molecule is COc1ccc(O)c([C@@H]2C3=C(NCCN4C(=O)c5ccccc5[C@@]24O)c2ccccc2C3=O)c1. The van der Waals surface area contributed by atoms with Gasteiger partial charge in [-0.05, 0) is 24.3 Å². The monoisotopic (exact) mass is 454 g/mol. The number of amides is 1. The van der Waals surface area contributed by atoms with Crippen LogP contribution in [-0.4, -0.2) is 47.0 Å². The predicted molar refractivity (Wildman–Crippen MR) is 124 cm³/mol. The molecule has 2 atom stereocenters. The lowest BCUT2D eigenvalue weighted by molar-refractivity contribution is -0.0972. The normalized spacial score (nSPS) is 22.9. The molecule has 0 radical (unpaired) electrons. The summed E-state index contributed by atoms with van der Waals surface area (Å²) in [6, 6.07) is 18.9. The highest BCUT2D eigenvalue weighted by molar-refractivity contribution is 6.21. The molecule has 3 aromatic carbocycles. The standard InChI is InChI=1S/C27H22N2O5/c1-34-15-10-11-21(30)19(14-15)23-22-24(16-6-2-3-7-17(16)25(22)31)28-12-13-29-26(32)18-8-4-5-9-20(18)27(23,29)33/h2-11,14,23,28,30,33H,12-13H2,1H3/t23-,27-/m1/s1. The minimum absolute atomic E-state index is 0.104. The van der Waals surface area contributed by atoms with Gasteiger partial charge in [0.15, 0.2) is 11.5 Å². The third-order valence-electron chi connectivity index (χ3n) is 7.04. The van der Waals surface area contributed by atoms with Crippen molar-refractivity contribution in [2.24, 2.45) is 0 Å². The van der Waals surface area contributed by atoms with Crippen LogP contribution >= 0.6 is 0 Å². The minimum Gasteiger partial charge on any atom is -0.508 e. The van der Waals surface area contributed by atoms with Crippen molar-refractivity contribution >= 4 is 17.4 Å². The number of aromatic hydroxyl groups is 1. The zero-order chi connectivity index (χ0) is 23.6. The Morgan fingerprint density at radius 3 is 2.47 bits per heavy atom. The van der Waals surface area contributed by atoms with Gasteiger partial charge in [-0.3, -0.25) is 9.59 Å². The molecule has 3 N–H and O–H groups in total. The average molecular weight is 454 g/mol. The van der Waals surface area contributed by atoms with Crippen molar-refractivity contribution in [1.29, 1.82) is 0 Å². The molecule has 34 heavy (non-hydrogen) atoms. The van der Waals surface area contributed by atoms with Gasteiger partial charge in [-0.1, -0.05) is 42.5 Å². The molecule has 1 aliphatic carbocycles. The number of fused-ring (bicyclic) bond motifs is 5. The molecule has 3 aromatic rings. The number of Topliss-reactive ketones (excluding diaryl/α,β-unsaturated/α-hetero) is 1. The number of phenolic OH excluding ortho intramolecular Hbond substituents is 1. The van der Waals surface area contributed by atoms with Gasteiger partial charge < -0.3 is 25.2 Å². The fourth-order valence-corrected chi connectivity index (χ4v) is 5.55. The third kappa shape index (κ3) is 2.55. The molecular formula is C27H22N2O5. The number of phenols is 1. The fourth-order valence-electron chi connectivity index (χ4n) is 5.55. The number of rotatable bonds is 2. The summed E-state index contributed by atoms with van der Waals surface area (Å²) < 4.78 is 5.40. The molecule has 7 nitrogen and oxygen atoms in total. The van der Waals surface area contributed by atoms with Crippen LogP contribution in [0, 0.1) is 0 Å². The van der Waals surface area contributed by atoms with Crippen molar-refractivity contribution in [3.8, 4) is 11.5 Å². The van der Waals surface area contributed by atoms with E-state index >= 15 is 0 Å². The summed E-state index contributed by atoms with van der Waals surface area (Å²) in [5, 5.41) is 26.9. The Labute approximate surface area is 195 Å². The van der Waals surface area contributed by atoms with Crippen molar-refractivity contribution < 1.29 is 24.5 Å². The van der Waals surface area contributed by atoms with Crippen molar-refractivity contribution in [2.45, 2.75) is 11.6 Å². The molecular weight excluding hydrogens is 432 g/mol. The number of aliphatic hydroxyl groups is 1. The quantitative estimate of drug-likeness (QED) is 0.551. The first-order chi connectivity index (χ1) is 16.5. The molecule has 3 aliphatic rings. The molecule has 0 bridgehead atoms. The molecule has 6 rings (SSSR count). The van der Waals surface area contributed by atoms with E-state index in [0.717, 1.165) is 5.56 Å². The number of nitrogens with zero attached hydrogens (tertiary/aromatic N) is 1. The lowest BCUT2D eigenvalue weighted by Gasteiger charge is -2.43. The summed E-state index contributed by atoms with van der Waals surface area (Å²) in [5.41, 5.74) is 1.37. The van der Waals surface area contributed by atoms with Crippen molar-refractivity contribution in [2.75, 3.05) is 20.2 Å². The topological polar surface area (TPSA) is 99.1 Å². The van der Waals surface area contributed by atoms with E-state index in [2.05, 4.69) is 5.32 Å². The van der Waals surface area contributed by atoms with Gasteiger partial charge in [-0.25, -0.2) is 0 Å². The van der Waals surface area contributed by atoms with Crippen molar-refractivity contribution in [1.82, 2.24) is 10.2 Å². The maximum atomic E-state index is 13.8. The first kappa shape index (κ1) is 20.5. The molecule has 2 aliphatic heterocycles. The lowest BCUT2D eigenvalue weighted by Crippen LogP contribution is -2.52. The van der Waals surface area contributed by atoms with E-state index in [0.29, 0.717) is 45.8 Å². The van der Waals surface area contributed by atoms with Crippen LogP contribution in [0.5, 0.6) is 11.5 Å². The first-order valence-electron chi connectivity index (χ1n) is 11.1. The largest absolute Gasteiger partial charge is 0.508 e. The summed E-state index contributed by atoms with van der Waals surface area (Å²) >= 11 is 0. The number of benzene rings is 3. The smallest absolute Gasteiger partial charge is 0.256 e. The third-order valence-corrected chi connectivity index (χ3v) is 7.04. The second-order valence-corrected chi connectivity index (χ2v) is 8.68. The highest BCUT2D eigenvalue weighted by Gasteiger charge is 2.58.